The van der Waals surface area contributed by atoms with Gasteiger partial charge in [0.05, 0.1) is 4.90 Å². The Morgan fingerprint density at radius 3 is 2.38 bits per heavy atom. The molecule has 3 nitrogen and oxygen atoms in total. The first-order valence-corrected chi connectivity index (χ1v) is 9.37. The average Bonchev–Trinajstić information content (AvgIpc) is 2.46. The molecule has 0 aliphatic carbocycles. The fourth-order valence-corrected chi connectivity index (χ4v) is 4.61. The van der Waals surface area contributed by atoms with E-state index in [9.17, 15) is 8.42 Å². The summed E-state index contributed by atoms with van der Waals surface area (Å²) in [6.07, 6.45) is 1.86. The lowest BCUT2D eigenvalue weighted by atomic mass is 9.76. The third-order valence-electron chi connectivity index (χ3n) is 4.37. The van der Waals surface area contributed by atoms with Crippen LogP contribution in [0.15, 0.2) is 29.2 Å². The van der Waals surface area contributed by atoms with Crippen molar-refractivity contribution in [1.29, 1.82) is 0 Å². The van der Waals surface area contributed by atoms with Gasteiger partial charge in [-0.05, 0) is 41.9 Å². The maximum atomic E-state index is 12.7. The Hall–Kier alpha value is -0.580. The molecule has 1 aromatic carbocycles. The summed E-state index contributed by atoms with van der Waals surface area (Å²) in [7, 11) is -3.39. The van der Waals surface area contributed by atoms with Gasteiger partial charge in [0, 0.05) is 19.0 Å². The molecule has 0 atom stereocenters. The fraction of sp³-hybridized carbons (Fsp3) is 0.625. The summed E-state index contributed by atoms with van der Waals surface area (Å²) < 4.78 is 27.0. The van der Waals surface area contributed by atoms with Gasteiger partial charge in [-0.3, -0.25) is 0 Å². The summed E-state index contributed by atoms with van der Waals surface area (Å²) in [5.74, 6) is 0.910. The van der Waals surface area contributed by atoms with Crippen molar-refractivity contribution in [3.63, 3.8) is 0 Å². The molecule has 21 heavy (non-hydrogen) atoms. The predicted octanol–water partition coefficient (Wildman–Crippen LogP) is 3.87. The van der Waals surface area contributed by atoms with E-state index >= 15 is 0 Å². The SMILES string of the molecule is CC(C)(C)C1CCN(S(=O)(=O)c2cccc(CCl)c2)CC1. The molecule has 0 radical (unpaired) electrons. The van der Waals surface area contributed by atoms with Crippen LogP contribution in [-0.4, -0.2) is 25.8 Å². The molecule has 1 aliphatic rings. The molecule has 5 heteroatoms. The third kappa shape index (κ3) is 3.79. The molecule has 1 fully saturated rings. The highest BCUT2D eigenvalue weighted by Gasteiger charge is 2.33. The molecule has 0 N–H and O–H groups in total. The van der Waals surface area contributed by atoms with Crippen LogP contribution in [-0.2, 0) is 15.9 Å². The summed E-state index contributed by atoms with van der Waals surface area (Å²) in [4.78, 5) is 0.356. The molecule has 0 spiro atoms. The number of hydrogen-bond acceptors (Lipinski definition) is 2. The quantitative estimate of drug-likeness (QED) is 0.789. The average molecular weight is 330 g/mol. The summed E-state index contributed by atoms with van der Waals surface area (Å²) in [5, 5.41) is 0. The van der Waals surface area contributed by atoms with Crippen LogP contribution in [0.2, 0.25) is 0 Å². The lowest BCUT2D eigenvalue weighted by Gasteiger charge is -2.38. The molecule has 0 bridgehead atoms. The van der Waals surface area contributed by atoms with Gasteiger partial charge >= 0.3 is 0 Å². The smallest absolute Gasteiger partial charge is 0.207 e. The number of benzene rings is 1. The number of hydrogen-bond donors (Lipinski definition) is 0. The van der Waals surface area contributed by atoms with Crippen LogP contribution < -0.4 is 0 Å². The first-order valence-electron chi connectivity index (χ1n) is 7.40. The maximum absolute atomic E-state index is 12.7. The molecule has 1 heterocycles. The van der Waals surface area contributed by atoms with Gasteiger partial charge < -0.3 is 0 Å². The maximum Gasteiger partial charge on any atom is 0.243 e. The van der Waals surface area contributed by atoms with Crippen molar-refractivity contribution in [2.75, 3.05) is 13.1 Å². The third-order valence-corrected chi connectivity index (χ3v) is 6.57. The topological polar surface area (TPSA) is 37.4 Å². The first kappa shape index (κ1) is 16.8. The lowest BCUT2D eigenvalue weighted by molar-refractivity contribution is 0.154. The van der Waals surface area contributed by atoms with E-state index in [1.807, 2.05) is 6.07 Å². The van der Waals surface area contributed by atoms with Crippen LogP contribution in [0.4, 0.5) is 0 Å². The van der Waals surface area contributed by atoms with E-state index in [0.717, 1.165) is 18.4 Å². The Morgan fingerprint density at radius 2 is 1.86 bits per heavy atom. The van der Waals surface area contributed by atoms with E-state index in [4.69, 9.17) is 11.6 Å². The van der Waals surface area contributed by atoms with Gasteiger partial charge in [-0.2, -0.15) is 4.31 Å². The summed E-state index contributed by atoms with van der Waals surface area (Å²) in [6, 6.07) is 6.93. The number of sulfonamides is 1. The second-order valence-corrected chi connectivity index (χ2v) is 9.03. The molecule has 1 saturated heterocycles. The molecular weight excluding hydrogens is 306 g/mol. The number of nitrogens with zero attached hydrogens (tertiary/aromatic N) is 1. The van der Waals surface area contributed by atoms with Gasteiger partial charge in [0.2, 0.25) is 10.0 Å². The number of piperidine rings is 1. The van der Waals surface area contributed by atoms with Crippen molar-refractivity contribution in [3.8, 4) is 0 Å². The number of halogens is 1. The summed E-state index contributed by atoms with van der Waals surface area (Å²) in [5.41, 5.74) is 1.08. The van der Waals surface area contributed by atoms with Crippen LogP contribution in [0.25, 0.3) is 0 Å². The Balaban J connectivity index is 2.15. The van der Waals surface area contributed by atoms with Crippen molar-refractivity contribution in [3.05, 3.63) is 29.8 Å². The second kappa shape index (κ2) is 6.27. The zero-order valence-corrected chi connectivity index (χ0v) is 14.5. The van der Waals surface area contributed by atoms with Gasteiger partial charge in [0.1, 0.15) is 0 Å². The summed E-state index contributed by atoms with van der Waals surface area (Å²) >= 11 is 5.80. The van der Waals surface area contributed by atoms with Gasteiger partial charge in [0.15, 0.2) is 0 Å². The fourth-order valence-electron chi connectivity index (χ4n) is 2.90. The largest absolute Gasteiger partial charge is 0.243 e. The van der Waals surface area contributed by atoms with E-state index in [-0.39, 0.29) is 5.41 Å². The normalized spacial score (nSPS) is 18.9. The second-order valence-electron chi connectivity index (χ2n) is 6.83. The van der Waals surface area contributed by atoms with Crippen LogP contribution in [0.1, 0.15) is 39.2 Å². The van der Waals surface area contributed by atoms with Crippen molar-refractivity contribution in [1.82, 2.24) is 4.31 Å². The van der Waals surface area contributed by atoms with Gasteiger partial charge in [-0.15, -0.1) is 11.6 Å². The van der Waals surface area contributed by atoms with Gasteiger partial charge in [-0.1, -0.05) is 32.9 Å². The molecule has 0 aromatic heterocycles. The molecule has 0 saturated carbocycles. The zero-order chi connectivity index (χ0) is 15.7. The minimum Gasteiger partial charge on any atom is -0.207 e. The Bertz CT molecular complexity index is 585. The van der Waals surface area contributed by atoms with Crippen molar-refractivity contribution in [2.24, 2.45) is 11.3 Å². The van der Waals surface area contributed by atoms with Crippen LogP contribution in [0.5, 0.6) is 0 Å². The van der Waals surface area contributed by atoms with E-state index in [0.29, 0.717) is 29.8 Å². The van der Waals surface area contributed by atoms with Crippen LogP contribution >= 0.6 is 11.6 Å². The molecule has 1 aliphatic heterocycles. The molecule has 0 amide bonds. The standard InChI is InChI=1S/C16H24ClNO2S/c1-16(2,3)14-7-9-18(10-8-14)21(19,20)15-6-4-5-13(11-15)12-17/h4-6,11,14H,7-10,12H2,1-3H3. The minimum atomic E-state index is -3.39. The van der Waals surface area contributed by atoms with Gasteiger partial charge in [-0.25, -0.2) is 8.42 Å². The van der Waals surface area contributed by atoms with Crippen LogP contribution in [0, 0.1) is 11.3 Å². The van der Waals surface area contributed by atoms with E-state index in [1.54, 1.807) is 22.5 Å². The molecular formula is C16H24ClNO2S. The number of rotatable bonds is 3. The van der Waals surface area contributed by atoms with Crippen molar-refractivity contribution < 1.29 is 8.42 Å². The van der Waals surface area contributed by atoms with Crippen molar-refractivity contribution >= 4 is 21.6 Å². The Morgan fingerprint density at radius 1 is 1.24 bits per heavy atom. The van der Waals surface area contributed by atoms with Gasteiger partial charge in [0.25, 0.3) is 0 Å². The molecule has 118 valence electrons. The van der Waals surface area contributed by atoms with Crippen molar-refractivity contribution in [2.45, 2.75) is 44.4 Å². The zero-order valence-electron chi connectivity index (χ0n) is 13.0. The Labute approximate surface area is 133 Å². The highest BCUT2D eigenvalue weighted by molar-refractivity contribution is 7.89. The highest BCUT2D eigenvalue weighted by atomic mass is 35.5. The van der Waals surface area contributed by atoms with Crippen LogP contribution in [0.3, 0.4) is 0 Å². The lowest BCUT2D eigenvalue weighted by Crippen LogP contribution is -2.41. The molecule has 0 unspecified atom stereocenters. The Kier molecular flexibility index (Phi) is 5.01. The molecule has 1 aromatic rings. The van der Waals surface area contributed by atoms with E-state index in [1.165, 1.54) is 0 Å². The van der Waals surface area contributed by atoms with E-state index in [2.05, 4.69) is 20.8 Å². The minimum absolute atomic E-state index is 0.244. The first-order chi connectivity index (χ1) is 9.75. The predicted molar refractivity (Wildman–Crippen MR) is 86.9 cm³/mol. The molecule has 2 rings (SSSR count). The monoisotopic (exact) mass is 329 g/mol. The highest BCUT2D eigenvalue weighted by Crippen LogP contribution is 2.35. The summed E-state index contributed by atoms with van der Waals surface area (Å²) in [6.45, 7) is 7.90. The van der Waals surface area contributed by atoms with E-state index < -0.39 is 10.0 Å². The number of alkyl halides is 1.